The summed E-state index contributed by atoms with van der Waals surface area (Å²) in [5.41, 5.74) is 6.83. The molecule has 1 aromatic carbocycles. The first-order valence-corrected chi connectivity index (χ1v) is 8.02. The summed E-state index contributed by atoms with van der Waals surface area (Å²) in [6.45, 7) is 6.92. The number of amides is 1. The molecule has 5 nitrogen and oxygen atoms in total. The van der Waals surface area contributed by atoms with Gasteiger partial charge in [-0.15, -0.1) is 0 Å². The average molecular weight is 335 g/mol. The number of aromatic nitrogens is 2. The van der Waals surface area contributed by atoms with Crippen LogP contribution in [0.25, 0.3) is 0 Å². The minimum absolute atomic E-state index is 0.169. The largest absolute Gasteiger partial charge is 0.345 e. The van der Waals surface area contributed by atoms with Crippen LogP contribution in [0.1, 0.15) is 36.7 Å². The van der Waals surface area contributed by atoms with Crippen molar-refractivity contribution in [1.29, 1.82) is 0 Å². The van der Waals surface area contributed by atoms with Gasteiger partial charge in [0.1, 0.15) is 0 Å². The highest BCUT2D eigenvalue weighted by Crippen LogP contribution is 2.17. The zero-order valence-electron chi connectivity index (χ0n) is 13.7. The van der Waals surface area contributed by atoms with Gasteiger partial charge in [0.25, 0.3) is 5.91 Å². The van der Waals surface area contributed by atoms with Gasteiger partial charge in [-0.05, 0) is 24.5 Å². The SMILES string of the molecule is CC(C)C(C)(CN)NC(=O)c1cnn(Cc2ccccc2Cl)c1. The van der Waals surface area contributed by atoms with E-state index in [4.69, 9.17) is 17.3 Å². The quantitative estimate of drug-likeness (QED) is 0.853. The van der Waals surface area contributed by atoms with E-state index in [0.29, 0.717) is 23.7 Å². The standard InChI is InChI=1S/C17H23ClN4O/c1-12(2)17(3,11-19)21-16(23)14-8-20-22(10-14)9-13-6-4-5-7-15(13)18/h4-8,10,12H,9,11,19H2,1-3H3,(H,21,23). The van der Waals surface area contributed by atoms with Gasteiger partial charge in [-0.1, -0.05) is 43.6 Å². The van der Waals surface area contributed by atoms with Crippen LogP contribution in [0.2, 0.25) is 5.02 Å². The highest BCUT2D eigenvalue weighted by atomic mass is 35.5. The second-order valence-electron chi connectivity index (χ2n) is 6.25. The molecule has 0 aliphatic carbocycles. The third-order valence-electron chi connectivity index (χ3n) is 4.28. The predicted molar refractivity (Wildman–Crippen MR) is 92.5 cm³/mol. The lowest BCUT2D eigenvalue weighted by molar-refractivity contribution is 0.0883. The highest BCUT2D eigenvalue weighted by molar-refractivity contribution is 6.31. The molecule has 0 aliphatic heterocycles. The van der Waals surface area contributed by atoms with Crippen molar-refractivity contribution in [1.82, 2.24) is 15.1 Å². The fourth-order valence-corrected chi connectivity index (χ4v) is 2.33. The molecule has 0 aliphatic rings. The van der Waals surface area contributed by atoms with Crippen molar-refractivity contribution in [2.75, 3.05) is 6.54 Å². The first-order valence-electron chi connectivity index (χ1n) is 7.64. The van der Waals surface area contributed by atoms with Gasteiger partial charge in [0.2, 0.25) is 0 Å². The fourth-order valence-electron chi connectivity index (χ4n) is 2.13. The van der Waals surface area contributed by atoms with Crippen molar-refractivity contribution >= 4 is 17.5 Å². The molecular formula is C17H23ClN4O. The zero-order valence-corrected chi connectivity index (χ0v) is 14.5. The molecule has 23 heavy (non-hydrogen) atoms. The van der Waals surface area contributed by atoms with Crippen molar-refractivity contribution in [3.8, 4) is 0 Å². The van der Waals surface area contributed by atoms with Gasteiger partial charge >= 0.3 is 0 Å². The van der Waals surface area contributed by atoms with Gasteiger partial charge in [0.15, 0.2) is 0 Å². The van der Waals surface area contributed by atoms with Gasteiger partial charge in [-0.3, -0.25) is 9.48 Å². The molecule has 0 radical (unpaired) electrons. The minimum atomic E-state index is -0.443. The van der Waals surface area contributed by atoms with Crippen LogP contribution >= 0.6 is 11.6 Å². The first kappa shape index (κ1) is 17.5. The normalized spacial score (nSPS) is 13.8. The average Bonchev–Trinajstić information content (AvgIpc) is 2.98. The molecule has 1 amide bonds. The lowest BCUT2D eigenvalue weighted by atomic mass is 9.88. The predicted octanol–water partition coefficient (Wildman–Crippen LogP) is 2.69. The van der Waals surface area contributed by atoms with Crippen molar-refractivity contribution < 1.29 is 4.79 Å². The number of halogens is 1. The lowest BCUT2D eigenvalue weighted by Gasteiger charge is -2.33. The summed E-state index contributed by atoms with van der Waals surface area (Å²) in [5.74, 6) is 0.0617. The van der Waals surface area contributed by atoms with Gasteiger partial charge in [-0.2, -0.15) is 5.10 Å². The zero-order chi connectivity index (χ0) is 17.0. The van der Waals surface area contributed by atoms with E-state index in [1.807, 2.05) is 45.0 Å². The van der Waals surface area contributed by atoms with E-state index in [0.717, 1.165) is 5.56 Å². The minimum Gasteiger partial charge on any atom is -0.345 e. The molecule has 1 unspecified atom stereocenters. The molecule has 3 N–H and O–H groups in total. The van der Waals surface area contributed by atoms with E-state index in [9.17, 15) is 4.79 Å². The molecule has 6 heteroatoms. The number of rotatable bonds is 6. The second-order valence-corrected chi connectivity index (χ2v) is 6.66. The summed E-state index contributed by atoms with van der Waals surface area (Å²) in [6, 6.07) is 7.58. The van der Waals surface area contributed by atoms with Gasteiger partial charge in [0.05, 0.1) is 23.8 Å². The molecule has 0 spiro atoms. The Balaban J connectivity index is 2.10. The molecule has 2 aromatic rings. The number of nitrogens with one attached hydrogen (secondary N) is 1. The smallest absolute Gasteiger partial charge is 0.254 e. The molecule has 0 saturated heterocycles. The molecule has 0 bridgehead atoms. The van der Waals surface area contributed by atoms with Crippen molar-refractivity contribution in [2.45, 2.75) is 32.9 Å². The Morgan fingerprint density at radius 3 is 2.74 bits per heavy atom. The molecule has 1 heterocycles. The highest BCUT2D eigenvalue weighted by Gasteiger charge is 2.29. The van der Waals surface area contributed by atoms with Crippen LogP contribution in [0.4, 0.5) is 0 Å². The molecule has 124 valence electrons. The van der Waals surface area contributed by atoms with Crippen molar-refractivity contribution in [3.05, 3.63) is 52.8 Å². The number of benzene rings is 1. The van der Waals surface area contributed by atoms with Crippen molar-refractivity contribution in [2.24, 2.45) is 11.7 Å². The molecule has 0 fully saturated rings. The molecule has 2 rings (SSSR count). The van der Waals surface area contributed by atoms with E-state index in [1.165, 1.54) is 0 Å². The van der Waals surface area contributed by atoms with E-state index in [2.05, 4.69) is 10.4 Å². The Hall–Kier alpha value is -1.85. The molecule has 1 aromatic heterocycles. The number of hydrogen-bond acceptors (Lipinski definition) is 3. The second kappa shape index (κ2) is 7.15. The molecule has 1 atom stereocenters. The summed E-state index contributed by atoms with van der Waals surface area (Å²) in [7, 11) is 0. The molecular weight excluding hydrogens is 312 g/mol. The Labute approximate surface area is 141 Å². The number of nitrogens with zero attached hydrogens (tertiary/aromatic N) is 2. The number of hydrogen-bond donors (Lipinski definition) is 2. The van der Waals surface area contributed by atoms with E-state index >= 15 is 0 Å². The van der Waals surface area contributed by atoms with E-state index < -0.39 is 5.54 Å². The third kappa shape index (κ3) is 4.12. The van der Waals surface area contributed by atoms with E-state index in [1.54, 1.807) is 17.1 Å². The summed E-state index contributed by atoms with van der Waals surface area (Å²) in [5, 5.41) is 7.93. The number of carbonyl (C=O) groups is 1. The maximum absolute atomic E-state index is 12.4. The molecule has 0 saturated carbocycles. The van der Waals surface area contributed by atoms with Gasteiger partial charge < -0.3 is 11.1 Å². The van der Waals surface area contributed by atoms with Crippen LogP contribution in [0.5, 0.6) is 0 Å². The van der Waals surface area contributed by atoms with Crippen LogP contribution in [0, 0.1) is 5.92 Å². The van der Waals surface area contributed by atoms with Gasteiger partial charge in [0, 0.05) is 17.8 Å². The van der Waals surface area contributed by atoms with Crippen LogP contribution < -0.4 is 11.1 Å². The summed E-state index contributed by atoms with van der Waals surface area (Å²) in [4.78, 5) is 12.4. The number of carbonyl (C=O) groups excluding carboxylic acids is 1. The van der Waals surface area contributed by atoms with E-state index in [-0.39, 0.29) is 11.8 Å². The Bertz CT molecular complexity index is 683. The van der Waals surface area contributed by atoms with Crippen LogP contribution in [-0.2, 0) is 6.54 Å². The van der Waals surface area contributed by atoms with Crippen LogP contribution in [-0.4, -0.2) is 27.8 Å². The fraction of sp³-hybridized carbons (Fsp3) is 0.412. The van der Waals surface area contributed by atoms with Crippen LogP contribution in [0.15, 0.2) is 36.7 Å². The lowest BCUT2D eigenvalue weighted by Crippen LogP contribution is -2.54. The Morgan fingerprint density at radius 2 is 2.13 bits per heavy atom. The Morgan fingerprint density at radius 1 is 1.43 bits per heavy atom. The monoisotopic (exact) mass is 334 g/mol. The van der Waals surface area contributed by atoms with Crippen LogP contribution in [0.3, 0.4) is 0 Å². The number of nitrogens with two attached hydrogens (primary N) is 1. The summed E-state index contributed by atoms with van der Waals surface area (Å²) >= 11 is 6.15. The maximum atomic E-state index is 12.4. The topological polar surface area (TPSA) is 72.9 Å². The Kier molecular flexibility index (Phi) is 5.44. The first-order chi connectivity index (χ1) is 10.9. The summed E-state index contributed by atoms with van der Waals surface area (Å²) in [6.07, 6.45) is 3.28. The summed E-state index contributed by atoms with van der Waals surface area (Å²) < 4.78 is 1.70. The van der Waals surface area contributed by atoms with Crippen molar-refractivity contribution in [3.63, 3.8) is 0 Å². The maximum Gasteiger partial charge on any atom is 0.254 e. The van der Waals surface area contributed by atoms with Gasteiger partial charge in [-0.25, -0.2) is 0 Å². The third-order valence-corrected chi connectivity index (χ3v) is 4.65.